The standard InChI is InChI=1S/C18H31BrN4OSi/c1-14-21-17-16(12-15(19)13-20-17)23(14)9-8-22(5)10-11-24-25(6,7)18(2,3)4/h12-13H,8-11H2,1-7H3. The largest absolute Gasteiger partial charge is 0.416 e. The molecule has 25 heavy (non-hydrogen) atoms. The highest BCUT2D eigenvalue weighted by atomic mass is 79.9. The van der Waals surface area contributed by atoms with Gasteiger partial charge in [-0.2, -0.15) is 0 Å². The van der Waals surface area contributed by atoms with Crippen LogP contribution in [0.1, 0.15) is 26.6 Å². The second-order valence-corrected chi connectivity index (χ2v) is 13.9. The molecule has 7 heteroatoms. The van der Waals surface area contributed by atoms with Crippen molar-refractivity contribution in [1.82, 2.24) is 19.4 Å². The van der Waals surface area contributed by atoms with E-state index in [-0.39, 0.29) is 5.04 Å². The number of fused-ring (bicyclic) bond motifs is 1. The molecular formula is C18H31BrN4OSi. The van der Waals surface area contributed by atoms with Gasteiger partial charge in [-0.3, -0.25) is 0 Å². The Bertz CT molecular complexity index is 724. The van der Waals surface area contributed by atoms with E-state index in [1.165, 1.54) is 0 Å². The molecule has 0 aromatic carbocycles. The van der Waals surface area contributed by atoms with Crippen LogP contribution in [-0.2, 0) is 11.0 Å². The predicted molar refractivity (Wildman–Crippen MR) is 111 cm³/mol. The number of halogens is 1. The quantitative estimate of drug-likeness (QED) is 0.612. The first kappa shape index (κ1) is 20.5. The highest BCUT2D eigenvalue weighted by Gasteiger charge is 2.36. The number of aromatic nitrogens is 3. The van der Waals surface area contributed by atoms with Gasteiger partial charge in [-0.1, -0.05) is 20.8 Å². The molecule has 2 heterocycles. The van der Waals surface area contributed by atoms with Gasteiger partial charge in [0.15, 0.2) is 14.0 Å². The third kappa shape index (κ3) is 5.12. The van der Waals surface area contributed by atoms with E-state index in [2.05, 4.69) is 82.3 Å². The summed E-state index contributed by atoms with van der Waals surface area (Å²) in [6.07, 6.45) is 1.80. The molecule has 2 aromatic heterocycles. The molecule has 0 N–H and O–H groups in total. The van der Waals surface area contributed by atoms with Gasteiger partial charge in [-0.25, -0.2) is 9.97 Å². The lowest BCUT2D eigenvalue weighted by Gasteiger charge is -2.36. The summed E-state index contributed by atoms with van der Waals surface area (Å²) in [5.41, 5.74) is 1.89. The fourth-order valence-corrected chi connectivity index (χ4v) is 3.79. The van der Waals surface area contributed by atoms with Gasteiger partial charge in [0.2, 0.25) is 0 Å². The molecule has 0 unspecified atom stereocenters. The summed E-state index contributed by atoms with van der Waals surface area (Å²) in [5, 5.41) is 0.263. The van der Waals surface area contributed by atoms with Crippen molar-refractivity contribution in [2.75, 3.05) is 26.7 Å². The van der Waals surface area contributed by atoms with Gasteiger partial charge >= 0.3 is 0 Å². The molecular weight excluding hydrogens is 396 g/mol. The molecule has 0 aliphatic carbocycles. The van der Waals surface area contributed by atoms with E-state index in [0.717, 1.165) is 47.7 Å². The topological polar surface area (TPSA) is 43.2 Å². The minimum absolute atomic E-state index is 0.263. The van der Waals surface area contributed by atoms with Crippen molar-refractivity contribution < 1.29 is 4.43 Å². The third-order valence-corrected chi connectivity index (χ3v) is 10.2. The van der Waals surface area contributed by atoms with Crippen molar-refractivity contribution in [3.05, 3.63) is 22.6 Å². The Balaban J connectivity index is 1.90. The molecule has 0 bridgehead atoms. The van der Waals surface area contributed by atoms with Crippen LogP contribution >= 0.6 is 15.9 Å². The zero-order valence-corrected chi connectivity index (χ0v) is 19.1. The number of hydrogen-bond donors (Lipinski definition) is 0. The molecule has 0 radical (unpaired) electrons. The molecule has 0 atom stereocenters. The summed E-state index contributed by atoms with van der Waals surface area (Å²) in [6, 6.07) is 2.09. The first-order valence-electron chi connectivity index (χ1n) is 8.82. The van der Waals surface area contributed by atoms with Gasteiger partial charge in [0, 0.05) is 36.9 Å². The van der Waals surface area contributed by atoms with Crippen molar-refractivity contribution in [2.45, 2.75) is 52.4 Å². The third-order valence-electron chi connectivity index (χ3n) is 5.21. The number of rotatable bonds is 7. The van der Waals surface area contributed by atoms with Crippen LogP contribution in [0.25, 0.3) is 11.2 Å². The molecule has 0 aliphatic heterocycles. The summed E-state index contributed by atoms with van der Waals surface area (Å²) in [7, 11) is 0.496. The lowest BCUT2D eigenvalue weighted by Crippen LogP contribution is -2.42. The molecule has 0 saturated heterocycles. The van der Waals surface area contributed by atoms with Crippen LogP contribution < -0.4 is 0 Å². The Labute approximate surface area is 161 Å². The highest BCUT2D eigenvalue weighted by Crippen LogP contribution is 2.36. The highest BCUT2D eigenvalue weighted by molar-refractivity contribution is 9.10. The van der Waals surface area contributed by atoms with Gasteiger partial charge in [0.25, 0.3) is 0 Å². The number of aryl methyl sites for hydroxylation is 1. The van der Waals surface area contributed by atoms with Crippen LogP contribution in [0, 0.1) is 6.92 Å². The Hall–Kier alpha value is -0.763. The van der Waals surface area contributed by atoms with E-state index >= 15 is 0 Å². The van der Waals surface area contributed by atoms with Gasteiger partial charge in [0.1, 0.15) is 5.82 Å². The minimum Gasteiger partial charge on any atom is -0.416 e. The van der Waals surface area contributed by atoms with Crippen molar-refractivity contribution in [1.29, 1.82) is 0 Å². The molecule has 140 valence electrons. The maximum atomic E-state index is 6.27. The number of pyridine rings is 1. The van der Waals surface area contributed by atoms with E-state index in [1.807, 2.05) is 6.92 Å². The maximum absolute atomic E-state index is 6.27. The molecule has 0 amide bonds. The molecule has 2 rings (SSSR count). The van der Waals surface area contributed by atoms with Crippen molar-refractivity contribution >= 4 is 35.4 Å². The second-order valence-electron chi connectivity index (χ2n) is 8.22. The van der Waals surface area contributed by atoms with Crippen molar-refractivity contribution in [3.8, 4) is 0 Å². The zero-order chi connectivity index (χ0) is 18.8. The number of hydrogen-bond acceptors (Lipinski definition) is 4. The molecule has 0 aliphatic rings. The second kappa shape index (κ2) is 7.86. The van der Waals surface area contributed by atoms with E-state index in [4.69, 9.17) is 4.43 Å². The van der Waals surface area contributed by atoms with Gasteiger partial charge in [-0.05, 0) is 54.1 Å². The summed E-state index contributed by atoms with van der Waals surface area (Å²) in [5.74, 6) is 1.01. The average molecular weight is 427 g/mol. The van der Waals surface area contributed by atoms with E-state index in [9.17, 15) is 0 Å². The molecule has 2 aromatic rings. The number of nitrogens with zero attached hydrogens (tertiary/aromatic N) is 4. The fraction of sp³-hybridized carbons (Fsp3) is 0.667. The van der Waals surface area contributed by atoms with Crippen molar-refractivity contribution in [3.63, 3.8) is 0 Å². The van der Waals surface area contributed by atoms with Crippen LogP contribution in [0.4, 0.5) is 0 Å². The molecule has 0 saturated carbocycles. The monoisotopic (exact) mass is 426 g/mol. The Morgan fingerprint density at radius 1 is 1.28 bits per heavy atom. The minimum atomic E-state index is -1.65. The van der Waals surface area contributed by atoms with Crippen LogP contribution in [0.3, 0.4) is 0 Å². The van der Waals surface area contributed by atoms with Crippen LogP contribution in [0.15, 0.2) is 16.7 Å². The van der Waals surface area contributed by atoms with Gasteiger partial charge < -0.3 is 13.9 Å². The number of imidazole rings is 1. The Kier molecular flexibility index (Phi) is 6.46. The first-order chi connectivity index (χ1) is 11.5. The van der Waals surface area contributed by atoms with Crippen molar-refractivity contribution in [2.24, 2.45) is 0 Å². The fourth-order valence-electron chi connectivity index (χ4n) is 2.43. The van der Waals surface area contributed by atoms with E-state index in [0.29, 0.717) is 0 Å². The SMILES string of the molecule is Cc1nc2ncc(Br)cc2n1CCN(C)CCO[Si](C)(C)C(C)(C)C. The Morgan fingerprint density at radius 2 is 1.96 bits per heavy atom. The molecule has 0 spiro atoms. The summed E-state index contributed by atoms with van der Waals surface area (Å²) < 4.78 is 9.49. The molecule has 0 fully saturated rings. The predicted octanol–water partition coefficient (Wildman–Crippen LogP) is 4.46. The van der Waals surface area contributed by atoms with Gasteiger partial charge in [0.05, 0.1) is 5.52 Å². The summed E-state index contributed by atoms with van der Waals surface area (Å²) in [6.45, 7) is 17.1. The first-order valence-corrected chi connectivity index (χ1v) is 12.5. The van der Waals surface area contributed by atoms with E-state index in [1.54, 1.807) is 6.20 Å². The smallest absolute Gasteiger partial charge is 0.192 e. The van der Waals surface area contributed by atoms with Crippen LogP contribution in [-0.4, -0.2) is 54.5 Å². The molecule has 5 nitrogen and oxygen atoms in total. The zero-order valence-electron chi connectivity index (χ0n) is 16.6. The summed E-state index contributed by atoms with van der Waals surface area (Å²) in [4.78, 5) is 11.3. The van der Waals surface area contributed by atoms with E-state index < -0.39 is 8.32 Å². The maximum Gasteiger partial charge on any atom is 0.192 e. The average Bonchev–Trinajstić information content (AvgIpc) is 2.78. The van der Waals surface area contributed by atoms with Crippen LogP contribution in [0.2, 0.25) is 18.1 Å². The Morgan fingerprint density at radius 3 is 2.60 bits per heavy atom. The van der Waals surface area contributed by atoms with Crippen LogP contribution in [0.5, 0.6) is 0 Å². The lowest BCUT2D eigenvalue weighted by atomic mass is 10.2. The summed E-state index contributed by atoms with van der Waals surface area (Å²) >= 11 is 3.50. The normalized spacial score (nSPS) is 13.2. The van der Waals surface area contributed by atoms with Gasteiger partial charge in [-0.15, -0.1) is 0 Å². The number of likely N-dealkylation sites (N-methyl/N-ethyl adjacent to an activating group) is 1. The lowest BCUT2D eigenvalue weighted by molar-refractivity contribution is 0.218.